The third kappa shape index (κ3) is 2.97. The number of carbonyl (C=O) groups excluding carboxylic acids is 1. The fraction of sp³-hybridized carbons (Fsp3) is 0.273. The number of hydrogen-bond acceptors (Lipinski definition) is 5. The van der Waals surface area contributed by atoms with Gasteiger partial charge in [-0.2, -0.15) is 5.10 Å². The molecule has 0 aliphatic rings. The predicted octanol–water partition coefficient (Wildman–Crippen LogP) is 1.11. The molecule has 0 radical (unpaired) electrons. The van der Waals surface area contributed by atoms with Gasteiger partial charge in [-0.25, -0.2) is 9.78 Å². The van der Waals surface area contributed by atoms with Gasteiger partial charge in [0.05, 0.1) is 12.2 Å². The van der Waals surface area contributed by atoms with Crippen molar-refractivity contribution < 1.29 is 14.7 Å². The van der Waals surface area contributed by atoms with Gasteiger partial charge in [-0.05, 0) is 19.9 Å². The summed E-state index contributed by atoms with van der Waals surface area (Å²) < 4.78 is 0. The van der Waals surface area contributed by atoms with E-state index in [2.05, 4.69) is 20.5 Å². The fourth-order valence-corrected chi connectivity index (χ4v) is 2.35. The second-order valence-corrected chi connectivity index (χ2v) is 5.03. The number of rotatable bonds is 4. The van der Waals surface area contributed by atoms with Crippen molar-refractivity contribution in [1.82, 2.24) is 20.5 Å². The first-order valence-electron chi connectivity index (χ1n) is 5.47. The standard InChI is InChI=1S/C11H12N4O3S/c1-5-3-7(15-14-5)10(16)12-4-8-13-6(2)9(19-8)11(17)18/h3H,4H2,1-2H3,(H,12,16)(H,14,15)(H,17,18). The lowest BCUT2D eigenvalue weighted by atomic mass is 10.3. The molecule has 1 amide bonds. The SMILES string of the molecule is Cc1cc(C(=O)NCc2nc(C)c(C(=O)O)s2)n[nH]1. The topological polar surface area (TPSA) is 108 Å². The summed E-state index contributed by atoms with van der Waals surface area (Å²) in [5.74, 6) is -1.33. The number of carboxylic acid groups (broad SMARTS) is 1. The number of thiazole rings is 1. The molecule has 0 fully saturated rings. The third-order valence-electron chi connectivity index (χ3n) is 2.37. The van der Waals surface area contributed by atoms with Gasteiger partial charge in [0, 0.05) is 5.69 Å². The van der Waals surface area contributed by atoms with Crippen LogP contribution in [0.25, 0.3) is 0 Å². The highest BCUT2D eigenvalue weighted by atomic mass is 32.1. The van der Waals surface area contributed by atoms with Crippen molar-refractivity contribution >= 4 is 23.2 Å². The van der Waals surface area contributed by atoms with Crippen LogP contribution in [-0.4, -0.2) is 32.2 Å². The maximum absolute atomic E-state index is 11.7. The average molecular weight is 280 g/mol. The van der Waals surface area contributed by atoms with Crippen molar-refractivity contribution in [3.8, 4) is 0 Å². The Labute approximate surface area is 112 Å². The number of aromatic nitrogens is 3. The van der Waals surface area contributed by atoms with E-state index in [1.54, 1.807) is 19.9 Å². The number of nitrogens with one attached hydrogen (secondary N) is 2. The van der Waals surface area contributed by atoms with Crippen LogP contribution in [0.1, 0.15) is 36.6 Å². The van der Waals surface area contributed by atoms with Crippen LogP contribution in [-0.2, 0) is 6.54 Å². The summed E-state index contributed by atoms with van der Waals surface area (Å²) in [5, 5.41) is 18.6. The van der Waals surface area contributed by atoms with Crippen molar-refractivity contribution in [3.05, 3.63) is 33.0 Å². The van der Waals surface area contributed by atoms with Gasteiger partial charge in [-0.3, -0.25) is 9.89 Å². The molecule has 2 rings (SSSR count). The van der Waals surface area contributed by atoms with Gasteiger partial charge in [0.2, 0.25) is 0 Å². The van der Waals surface area contributed by atoms with Crippen molar-refractivity contribution in [2.24, 2.45) is 0 Å². The van der Waals surface area contributed by atoms with Crippen molar-refractivity contribution in [3.63, 3.8) is 0 Å². The van der Waals surface area contributed by atoms with E-state index in [0.717, 1.165) is 17.0 Å². The molecule has 0 unspecified atom stereocenters. The zero-order chi connectivity index (χ0) is 14.0. The summed E-state index contributed by atoms with van der Waals surface area (Å²) in [6, 6.07) is 1.63. The molecule has 19 heavy (non-hydrogen) atoms. The molecular weight excluding hydrogens is 268 g/mol. The highest BCUT2D eigenvalue weighted by Gasteiger charge is 2.15. The Kier molecular flexibility index (Phi) is 3.61. The minimum atomic E-state index is -1.00. The summed E-state index contributed by atoms with van der Waals surface area (Å²) >= 11 is 1.06. The lowest BCUT2D eigenvalue weighted by molar-refractivity contribution is 0.0701. The highest BCUT2D eigenvalue weighted by molar-refractivity contribution is 7.13. The largest absolute Gasteiger partial charge is 0.477 e. The molecule has 8 heteroatoms. The quantitative estimate of drug-likeness (QED) is 0.777. The zero-order valence-electron chi connectivity index (χ0n) is 10.4. The van der Waals surface area contributed by atoms with Gasteiger partial charge in [0.15, 0.2) is 0 Å². The minimum absolute atomic E-state index is 0.184. The Morgan fingerprint density at radius 3 is 2.74 bits per heavy atom. The van der Waals surface area contributed by atoms with Crippen LogP contribution >= 0.6 is 11.3 Å². The van der Waals surface area contributed by atoms with Gasteiger partial charge in [-0.15, -0.1) is 11.3 Å². The monoisotopic (exact) mass is 280 g/mol. The molecule has 0 saturated heterocycles. The summed E-state index contributed by atoms with van der Waals surface area (Å²) in [4.78, 5) is 26.9. The highest BCUT2D eigenvalue weighted by Crippen LogP contribution is 2.17. The van der Waals surface area contributed by atoms with E-state index in [0.29, 0.717) is 16.4 Å². The van der Waals surface area contributed by atoms with Crippen LogP contribution in [0.4, 0.5) is 0 Å². The maximum Gasteiger partial charge on any atom is 0.347 e. The van der Waals surface area contributed by atoms with Crippen LogP contribution in [0.5, 0.6) is 0 Å². The van der Waals surface area contributed by atoms with E-state index in [9.17, 15) is 9.59 Å². The third-order valence-corrected chi connectivity index (χ3v) is 3.52. The lowest BCUT2D eigenvalue weighted by Crippen LogP contribution is -2.23. The molecule has 0 aliphatic carbocycles. The van der Waals surface area contributed by atoms with E-state index in [4.69, 9.17) is 5.11 Å². The Hall–Kier alpha value is -2.22. The average Bonchev–Trinajstić information content (AvgIpc) is 2.92. The molecular formula is C11H12N4O3S. The van der Waals surface area contributed by atoms with Crippen LogP contribution in [0.15, 0.2) is 6.07 Å². The number of hydrogen-bond donors (Lipinski definition) is 3. The van der Waals surface area contributed by atoms with Crippen molar-refractivity contribution in [2.75, 3.05) is 0 Å². The summed E-state index contributed by atoms with van der Waals surface area (Å²) in [6.45, 7) is 3.61. The van der Waals surface area contributed by atoms with Gasteiger partial charge in [0.1, 0.15) is 15.6 Å². The Bertz CT molecular complexity index is 632. The second-order valence-electron chi connectivity index (χ2n) is 3.95. The van der Waals surface area contributed by atoms with Gasteiger partial charge >= 0.3 is 5.97 Å². The normalized spacial score (nSPS) is 10.4. The molecule has 2 aromatic heterocycles. The molecule has 100 valence electrons. The van der Waals surface area contributed by atoms with Crippen LogP contribution in [0, 0.1) is 13.8 Å². The first kappa shape index (κ1) is 13.2. The van der Waals surface area contributed by atoms with E-state index in [1.165, 1.54) is 0 Å². The lowest BCUT2D eigenvalue weighted by Gasteiger charge is -1.98. The summed E-state index contributed by atoms with van der Waals surface area (Å²) in [6.07, 6.45) is 0. The molecule has 0 bridgehead atoms. The van der Waals surface area contributed by atoms with Crippen molar-refractivity contribution in [1.29, 1.82) is 0 Å². The molecule has 0 atom stereocenters. The first-order chi connectivity index (χ1) is 8.97. The molecule has 0 saturated carbocycles. The number of aromatic carboxylic acids is 1. The van der Waals surface area contributed by atoms with Gasteiger partial charge in [0.25, 0.3) is 5.91 Å². The summed E-state index contributed by atoms with van der Waals surface area (Å²) in [7, 11) is 0. The van der Waals surface area contributed by atoms with Crippen LogP contribution in [0.2, 0.25) is 0 Å². The van der Waals surface area contributed by atoms with E-state index in [-0.39, 0.29) is 17.3 Å². The number of carboxylic acids is 1. The molecule has 3 N–H and O–H groups in total. The van der Waals surface area contributed by atoms with Gasteiger partial charge in [-0.1, -0.05) is 0 Å². The smallest absolute Gasteiger partial charge is 0.347 e. The molecule has 0 spiro atoms. The number of nitrogens with zero attached hydrogens (tertiary/aromatic N) is 2. The fourth-order valence-electron chi connectivity index (χ4n) is 1.51. The molecule has 0 aromatic carbocycles. The Morgan fingerprint density at radius 1 is 1.47 bits per heavy atom. The number of amides is 1. The molecule has 2 aromatic rings. The number of H-pyrrole nitrogens is 1. The zero-order valence-corrected chi connectivity index (χ0v) is 11.2. The van der Waals surface area contributed by atoms with Crippen LogP contribution < -0.4 is 5.32 Å². The van der Waals surface area contributed by atoms with E-state index in [1.807, 2.05) is 0 Å². The van der Waals surface area contributed by atoms with E-state index >= 15 is 0 Å². The number of aryl methyl sites for hydroxylation is 2. The first-order valence-corrected chi connectivity index (χ1v) is 6.29. The molecule has 0 aliphatic heterocycles. The Balaban J connectivity index is 2.01. The second kappa shape index (κ2) is 5.19. The summed E-state index contributed by atoms with van der Waals surface area (Å²) in [5.41, 5.74) is 1.55. The number of aromatic amines is 1. The minimum Gasteiger partial charge on any atom is -0.477 e. The predicted molar refractivity (Wildman–Crippen MR) is 68.3 cm³/mol. The van der Waals surface area contributed by atoms with Crippen molar-refractivity contribution in [2.45, 2.75) is 20.4 Å². The maximum atomic E-state index is 11.7. The van der Waals surface area contributed by atoms with Crippen LogP contribution in [0.3, 0.4) is 0 Å². The number of carbonyl (C=O) groups is 2. The van der Waals surface area contributed by atoms with E-state index < -0.39 is 5.97 Å². The Morgan fingerprint density at radius 2 is 2.21 bits per heavy atom. The van der Waals surface area contributed by atoms with Gasteiger partial charge < -0.3 is 10.4 Å². The molecule has 2 heterocycles. The molecule has 7 nitrogen and oxygen atoms in total.